The van der Waals surface area contributed by atoms with Crippen molar-refractivity contribution in [3.8, 4) is 34.0 Å². The molecule has 0 aliphatic carbocycles. The third kappa shape index (κ3) is 5.85. The summed E-state index contributed by atoms with van der Waals surface area (Å²) >= 11 is 0. The summed E-state index contributed by atoms with van der Waals surface area (Å²) in [4.78, 5) is 15.1. The maximum absolute atomic E-state index is 11.4. The maximum Gasteiger partial charge on any atom is 0.147 e. The van der Waals surface area contributed by atoms with Crippen LogP contribution >= 0.6 is 0 Å². The molecule has 46 heavy (non-hydrogen) atoms. The Kier molecular flexibility index (Phi) is 7.89. The van der Waals surface area contributed by atoms with E-state index in [4.69, 9.17) is 15.0 Å². The van der Waals surface area contributed by atoms with Gasteiger partial charge in [0.05, 0.1) is 16.7 Å². The first-order valence-electron chi connectivity index (χ1n) is 15.9. The molecule has 6 rings (SSSR count). The normalized spacial score (nSPS) is 12.3. The van der Waals surface area contributed by atoms with Crippen LogP contribution in [-0.4, -0.2) is 25.9 Å². The Hall–Kier alpha value is -5.03. The lowest BCUT2D eigenvalue weighted by molar-refractivity contribution is 0.444. The lowest BCUT2D eigenvalue weighted by Gasteiger charge is -2.27. The highest BCUT2D eigenvalue weighted by molar-refractivity contribution is 5.97. The molecule has 0 saturated carbocycles. The second-order valence-electron chi connectivity index (χ2n) is 14.1. The van der Waals surface area contributed by atoms with Crippen molar-refractivity contribution in [2.24, 2.45) is 4.99 Å². The van der Waals surface area contributed by atoms with Crippen LogP contribution in [0, 0.1) is 13.8 Å². The molecule has 1 N–H and O–H groups in total. The number of hydrogen-bond donors (Lipinski definition) is 1. The van der Waals surface area contributed by atoms with Crippen LogP contribution < -0.4 is 0 Å². The molecule has 2 aromatic heterocycles. The summed E-state index contributed by atoms with van der Waals surface area (Å²) in [6.45, 7) is 17.0. The Morgan fingerprint density at radius 3 is 2.09 bits per heavy atom. The standard InChI is InChI=1S/C41H42N4O/c1-26-21-22-31(27(2)43-26)32-18-14-20-36-37(32)44-39(45(36)30-15-10-9-11-16-30)33-17-12-13-19-35(33)42-25-28-23-29(40(3,4)5)24-34(38(28)46)41(6,7)8/h9-25,46H,1-8H3. The van der Waals surface area contributed by atoms with Crippen molar-refractivity contribution < 1.29 is 5.11 Å². The number of fused-ring (bicyclic) bond motifs is 1. The van der Waals surface area contributed by atoms with Crippen molar-refractivity contribution in [2.45, 2.75) is 66.2 Å². The molecule has 0 atom stereocenters. The minimum absolute atomic E-state index is 0.0855. The van der Waals surface area contributed by atoms with Gasteiger partial charge in [-0.05, 0) is 72.7 Å². The molecule has 6 aromatic rings. The molecule has 0 aliphatic heterocycles. The van der Waals surface area contributed by atoms with Gasteiger partial charge in [0.1, 0.15) is 11.6 Å². The topological polar surface area (TPSA) is 63.3 Å². The number of phenols is 1. The predicted octanol–water partition coefficient (Wildman–Crippen LogP) is 10.4. The van der Waals surface area contributed by atoms with Gasteiger partial charge in [0.2, 0.25) is 0 Å². The van der Waals surface area contributed by atoms with E-state index in [0.29, 0.717) is 5.56 Å². The van der Waals surface area contributed by atoms with Crippen LogP contribution in [0.2, 0.25) is 0 Å². The highest BCUT2D eigenvalue weighted by Gasteiger charge is 2.25. The zero-order valence-electron chi connectivity index (χ0n) is 28.1. The lowest BCUT2D eigenvalue weighted by Crippen LogP contribution is -2.17. The number of imidazole rings is 1. The Labute approximate surface area is 272 Å². The number of para-hydroxylation sites is 3. The van der Waals surface area contributed by atoms with Gasteiger partial charge in [0, 0.05) is 51.1 Å². The lowest BCUT2D eigenvalue weighted by atomic mass is 9.79. The molecule has 0 radical (unpaired) electrons. The molecule has 0 fully saturated rings. The SMILES string of the molecule is Cc1ccc(-c2cccc3c2nc(-c2ccccc2N=Cc2cc(C(C)(C)C)cc(C(C)(C)C)c2O)n3-c2ccccc2)c(C)n1. The summed E-state index contributed by atoms with van der Waals surface area (Å²) in [6.07, 6.45) is 1.79. The van der Waals surface area contributed by atoms with Crippen LogP contribution in [0.5, 0.6) is 5.75 Å². The number of nitrogens with zero attached hydrogens (tertiary/aromatic N) is 4. The van der Waals surface area contributed by atoms with E-state index in [1.807, 2.05) is 43.3 Å². The Morgan fingerprint density at radius 1 is 0.696 bits per heavy atom. The summed E-state index contributed by atoms with van der Waals surface area (Å²) in [6, 6.07) is 33.1. The average Bonchev–Trinajstić information content (AvgIpc) is 3.40. The molecule has 5 nitrogen and oxygen atoms in total. The molecule has 0 bridgehead atoms. The van der Waals surface area contributed by atoms with Crippen molar-refractivity contribution in [3.05, 3.63) is 125 Å². The second kappa shape index (κ2) is 11.7. The van der Waals surface area contributed by atoms with Gasteiger partial charge in [-0.25, -0.2) is 4.98 Å². The number of aryl methyl sites for hydroxylation is 2. The molecular formula is C41H42N4O. The monoisotopic (exact) mass is 606 g/mol. The maximum atomic E-state index is 11.4. The van der Waals surface area contributed by atoms with Gasteiger partial charge < -0.3 is 5.11 Å². The summed E-state index contributed by atoms with van der Waals surface area (Å²) in [5.74, 6) is 1.06. The smallest absolute Gasteiger partial charge is 0.147 e. The summed E-state index contributed by atoms with van der Waals surface area (Å²) < 4.78 is 2.21. The molecule has 0 unspecified atom stereocenters. The Morgan fingerprint density at radius 2 is 1.39 bits per heavy atom. The largest absolute Gasteiger partial charge is 0.507 e. The van der Waals surface area contributed by atoms with Crippen LogP contribution in [-0.2, 0) is 10.8 Å². The predicted molar refractivity (Wildman–Crippen MR) is 192 cm³/mol. The van der Waals surface area contributed by atoms with Crippen LogP contribution in [0.4, 0.5) is 5.69 Å². The molecule has 2 heterocycles. The number of aromatic hydroxyl groups is 1. The van der Waals surface area contributed by atoms with E-state index in [1.54, 1.807) is 6.21 Å². The number of pyridine rings is 1. The van der Waals surface area contributed by atoms with Crippen LogP contribution in [0.15, 0.2) is 102 Å². The molecule has 4 aromatic carbocycles. The van der Waals surface area contributed by atoms with Gasteiger partial charge in [-0.1, -0.05) is 96.1 Å². The van der Waals surface area contributed by atoms with Crippen molar-refractivity contribution >= 4 is 22.9 Å². The van der Waals surface area contributed by atoms with E-state index in [9.17, 15) is 5.11 Å². The van der Waals surface area contributed by atoms with Crippen LogP contribution in [0.3, 0.4) is 0 Å². The van der Waals surface area contributed by atoms with Gasteiger partial charge in [0.25, 0.3) is 0 Å². The van der Waals surface area contributed by atoms with Crippen molar-refractivity contribution in [3.63, 3.8) is 0 Å². The molecule has 232 valence electrons. The van der Waals surface area contributed by atoms with E-state index < -0.39 is 0 Å². The molecule has 0 amide bonds. The third-order valence-corrected chi connectivity index (χ3v) is 8.52. The van der Waals surface area contributed by atoms with Gasteiger partial charge in [-0.3, -0.25) is 14.5 Å². The van der Waals surface area contributed by atoms with Gasteiger partial charge >= 0.3 is 0 Å². The zero-order valence-corrected chi connectivity index (χ0v) is 28.1. The van der Waals surface area contributed by atoms with Crippen molar-refractivity contribution in [2.75, 3.05) is 0 Å². The fourth-order valence-corrected chi connectivity index (χ4v) is 5.98. The van der Waals surface area contributed by atoms with Crippen LogP contribution in [0.25, 0.3) is 39.2 Å². The molecule has 0 spiro atoms. The Balaban J connectivity index is 1.57. The highest BCUT2D eigenvalue weighted by atomic mass is 16.3. The van der Waals surface area contributed by atoms with E-state index in [0.717, 1.165) is 67.4 Å². The minimum atomic E-state index is -0.227. The van der Waals surface area contributed by atoms with Gasteiger partial charge in [-0.2, -0.15) is 0 Å². The fourth-order valence-electron chi connectivity index (χ4n) is 5.98. The Bertz CT molecular complexity index is 2090. The quantitative estimate of drug-likeness (QED) is 0.199. The van der Waals surface area contributed by atoms with Gasteiger partial charge in [-0.15, -0.1) is 0 Å². The summed E-state index contributed by atoms with van der Waals surface area (Å²) in [7, 11) is 0. The van der Waals surface area contributed by atoms with Crippen LogP contribution in [0.1, 0.15) is 69.6 Å². The number of aromatic nitrogens is 3. The number of hydrogen-bond acceptors (Lipinski definition) is 4. The fraction of sp³-hybridized carbons (Fsp3) is 0.244. The van der Waals surface area contributed by atoms with Crippen molar-refractivity contribution in [1.82, 2.24) is 14.5 Å². The average molecular weight is 607 g/mol. The first kappa shape index (κ1) is 31.0. The third-order valence-electron chi connectivity index (χ3n) is 8.52. The van der Waals surface area contributed by atoms with E-state index in [-0.39, 0.29) is 16.6 Å². The van der Waals surface area contributed by atoms with Gasteiger partial charge in [0.15, 0.2) is 0 Å². The minimum Gasteiger partial charge on any atom is -0.507 e. The molecular weight excluding hydrogens is 564 g/mol. The first-order chi connectivity index (χ1) is 21.8. The molecule has 0 saturated heterocycles. The second-order valence-corrected chi connectivity index (χ2v) is 14.1. The number of aliphatic imine (C=N–C) groups is 1. The number of benzene rings is 4. The summed E-state index contributed by atoms with van der Waals surface area (Å²) in [5.41, 5.74) is 11.1. The van der Waals surface area contributed by atoms with Crippen molar-refractivity contribution in [1.29, 1.82) is 0 Å². The molecule has 5 heteroatoms. The highest BCUT2D eigenvalue weighted by Crippen LogP contribution is 2.40. The summed E-state index contributed by atoms with van der Waals surface area (Å²) in [5, 5.41) is 11.4. The number of phenolic OH excluding ortho intramolecular Hbond substituents is 1. The van der Waals surface area contributed by atoms with E-state index in [1.165, 1.54) is 0 Å². The first-order valence-corrected chi connectivity index (χ1v) is 15.9. The van der Waals surface area contributed by atoms with E-state index >= 15 is 0 Å². The molecule has 0 aliphatic rings. The zero-order chi connectivity index (χ0) is 32.8. The number of rotatable bonds is 5. The van der Waals surface area contributed by atoms with E-state index in [2.05, 4.69) is 114 Å².